The van der Waals surface area contributed by atoms with Crippen molar-refractivity contribution in [3.8, 4) is 0 Å². The monoisotopic (exact) mass is 439 g/mol. The average Bonchev–Trinajstić information content (AvgIpc) is 3.18. The van der Waals surface area contributed by atoms with Crippen LogP contribution in [0, 0.1) is 0 Å². The van der Waals surface area contributed by atoms with Crippen LogP contribution in [0.3, 0.4) is 0 Å². The van der Waals surface area contributed by atoms with E-state index in [-0.39, 0.29) is 25.4 Å². The van der Waals surface area contributed by atoms with Crippen LogP contribution in [0.2, 0.25) is 0 Å². The minimum absolute atomic E-state index is 0.0942. The molecule has 0 bridgehead atoms. The van der Waals surface area contributed by atoms with Gasteiger partial charge in [-0.1, -0.05) is 60.7 Å². The topological polar surface area (TPSA) is 108 Å². The lowest BCUT2D eigenvalue weighted by Crippen LogP contribution is -2.55. The lowest BCUT2D eigenvalue weighted by Gasteiger charge is -2.28. The average molecular weight is 440 g/mol. The summed E-state index contributed by atoms with van der Waals surface area (Å²) in [4.78, 5) is 44.3. The van der Waals surface area contributed by atoms with E-state index in [0.29, 0.717) is 13.0 Å². The number of carbonyl (C=O) groups excluding carboxylic acids is 3. The second kappa shape index (κ2) is 11.4. The van der Waals surface area contributed by atoms with Crippen molar-refractivity contribution >= 4 is 17.7 Å². The Labute approximate surface area is 187 Å². The van der Waals surface area contributed by atoms with Gasteiger partial charge in [0.2, 0.25) is 11.8 Å². The molecule has 1 aliphatic heterocycles. The summed E-state index contributed by atoms with van der Waals surface area (Å²) in [5, 5.41) is 13.4. The van der Waals surface area contributed by atoms with E-state index in [1.165, 1.54) is 0 Å². The maximum atomic E-state index is 13.2. The van der Waals surface area contributed by atoms with Gasteiger partial charge in [0.1, 0.15) is 6.04 Å². The fourth-order valence-corrected chi connectivity index (χ4v) is 3.76. The molecule has 3 amide bonds. The molecule has 0 aromatic heterocycles. The molecule has 8 nitrogen and oxygen atoms in total. The van der Waals surface area contributed by atoms with E-state index in [1.54, 1.807) is 11.8 Å². The molecule has 3 atom stereocenters. The Kier molecular flexibility index (Phi) is 8.35. The minimum atomic E-state index is -1.52. The smallest absolute Gasteiger partial charge is 0.274 e. The number of benzene rings is 2. The molecule has 8 heteroatoms. The van der Waals surface area contributed by atoms with Gasteiger partial charge >= 0.3 is 0 Å². The van der Waals surface area contributed by atoms with Gasteiger partial charge in [-0.15, -0.1) is 0 Å². The first-order chi connectivity index (χ1) is 15.5. The molecule has 1 saturated heterocycles. The lowest BCUT2D eigenvalue weighted by atomic mass is 10.00. The zero-order valence-corrected chi connectivity index (χ0v) is 18.1. The molecule has 170 valence electrons. The molecule has 1 fully saturated rings. The molecule has 0 radical (unpaired) electrons. The summed E-state index contributed by atoms with van der Waals surface area (Å²) in [6.07, 6.45) is -0.615. The third kappa shape index (κ3) is 6.15. The highest BCUT2D eigenvalue weighted by atomic mass is 16.7. The zero-order chi connectivity index (χ0) is 22.9. The molecule has 1 aliphatic rings. The van der Waals surface area contributed by atoms with Gasteiger partial charge in [0.05, 0.1) is 12.6 Å². The number of hydrogen-bond acceptors (Lipinski definition) is 5. The second-order valence-corrected chi connectivity index (χ2v) is 7.71. The van der Waals surface area contributed by atoms with E-state index in [0.717, 1.165) is 11.1 Å². The Morgan fingerprint density at radius 1 is 1.09 bits per heavy atom. The first kappa shape index (κ1) is 23.4. The molecule has 2 aromatic rings. The molecule has 3 unspecified atom stereocenters. The summed E-state index contributed by atoms with van der Waals surface area (Å²) >= 11 is 0. The highest BCUT2D eigenvalue weighted by Gasteiger charge is 2.38. The van der Waals surface area contributed by atoms with Crippen LogP contribution in [0.1, 0.15) is 30.9 Å². The fraction of sp³-hybridized carbons (Fsp3) is 0.375. The van der Waals surface area contributed by atoms with Crippen LogP contribution >= 0.6 is 0 Å². The van der Waals surface area contributed by atoms with E-state index >= 15 is 0 Å². The maximum absolute atomic E-state index is 13.2. The summed E-state index contributed by atoms with van der Waals surface area (Å²) < 4.78 is 0. The van der Waals surface area contributed by atoms with Gasteiger partial charge in [0.25, 0.3) is 5.91 Å². The number of amides is 3. The Morgan fingerprint density at radius 2 is 1.72 bits per heavy atom. The SMILES string of the molecule is CCONC(=O)C(O)C(Cc1ccccc1)NC(=O)C1CCC(=O)N1Cc1ccccc1. The van der Waals surface area contributed by atoms with Crippen molar-refractivity contribution in [3.63, 3.8) is 0 Å². The predicted octanol–water partition coefficient (Wildman–Crippen LogP) is 1.33. The molecular weight excluding hydrogens is 410 g/mol. The van der Waals surface area contributed by atoms with Gasteiger partial charge in [-0.25, -0.2) is 5.48 Å². The highest BCUT2D eigenvalue weighted by Crippen LogP contribution is 2.22. The number of aliphatic hydroxyl groups is 1. The minimum Gasteiger partial charge on any atom is -0.381 e. The third-order valence-corrected chi connectivity index (χ3v) is 5.42. The number of likely N-dealkylation sites (tertiary alicyclic amines) is 1. The Morgan fingerprint density at radius 3 is 2.34 bits per heavy atom. The first-order valence-electron chi connectivity index (χ1n) is 10.8. The van der Waals surface area contributed by atoms with Crippen LogP contribution in [0.5, 0.6) is 0 Å². The van der Waals surface area contributed by atoms with Gasteiger partial charge < -0.3 is 15.3 Å². The number of rotatable bonds is 10. The molecule has 1 heterocycles. The van der Waals surface area contributed by atoms with Crippen molar-refractivity contribution in [1.29, 1.82) is 0 Å². The Bertz CT molecular complexity index is 906. The molecule has 0 saturated carbocycles. The number of nitrogens with one attached hydrogen (secondary N) is 2. The fourth-order valence-electron chi connectivity index (χ4n) is 3.76. The number of carbonyl (C=O) groups is 3. The van der Waals surface area contributed by atoms with Crippen LogP contribution in [0.4, 0.5) is 0 Å². The van der Waals surface area contributed by atoms with Gasteiger partial charge in [-0.2, -0.15) is 0 Å². The van der Waals surface area contributed by atoms with Gasteiger partial charge in [-0.3, -0.25) is 19.2 Å². The van der Waals surface area contributed by atoms with Crippen molar-refractivity contribution < 1.29 is 24.3 Å². The Balaban J connectivity index is 1.73. The normalized spacial score (nSPS) is 17.6. The van der Waals surface area contributed by atoms with Crippen molar-refractivity contribution in [2.75, 3.05) is 6.61 Å². The van der Waals surface area contributed by atoms with Crippen molar-refractivity contribution in [2.45, 2.75) is 50.9 Å². The molecular formula is C24H29N3O5. The maximum Gasteiger partial charge on any atom is 0.274 e. The first-order valence-corrected chi connectivity index (χ1v) is 10.8. The number of hydrogen-bond donors (Lipinski definition) is 3. The molecule has 3 N–H and O–H groups in total. The summed E-state index contributed by atoms with van der Waals surface area (Å²) in [6, 6.07) is 17.2. The molecule has 32 heavy (non-hydrogen) atoms. The number of hydroxylamine groups is 1. The highest BCUT2D eigenvalue weighted by molar-refractivity contribution is 5.91. The van der Waals surface area contributed by atoms with Crippen LogP contribution in [-0.2, 0) is 32.2 Å². The predicted molar refractivity (Wildman–Crippen MR) is 118 cm³/mol. The quantitative estimate of drug-likeness (QED) is 0.484. The molecule has 0 aliphatic carbocycles. The molecule has 0 spiro atoms. The molecule has 2 aromatic carbocycles. The summed E-state index contributed by atoms with van der Waals surface area (Å²) in [5.41, 5.74) is 3.96. The summed E-state index contributed by atoms with van der Waals surface area (Å²) in [5.74, 6) is -1.23. The number of nitrogens with zero attached hydrogens (tertiary/aromatic N) is 1. The van der Waals surface area contributed by atoms with E-state index in [9.17, 15) is 19.5 Å². The molecule has 3 rings (SSSR count). The van der Waals surface area contributed by atoms with Gasteiger partial charge in [0, 0.05) is 13.0 Å². The van der Waals surface area contributed by atoms with Crippen LogP contribution in [0.15, 0.2) is 60.7 Å². The van der Waals surface area contributed by atoms with E-state index in [4.69, 9.17) is 4.84 Å². The summed E-state index contributed by atoms with van der Waals surface area (Å²) in [6.45, 7) is 2.27. The Hall–Kier alpha value is -3.23. The van der Waals surface area contributed by atoms with Crippen LogP contribution in [0.25, 0.3) is 0 Å². The van der Waals surface area contributed by atoms with E-state index in [2.05, 4.69) is 10.8 Å². The van der Waals surface area contributed by atoms with Gasteiger partial charge in [0.15, 0.2) is 6.10 Å². The standard InChI is InChI=1S/C24H29N3O5/c1-2-32-26-24(31)22(29)19(15-17-9-5-3-6-10-17)25-23(30)20-13-14-21(28)27(20)16-18-11-7-4-8-12-18/h3-12,19-20,22,29H,2,13-16H2,1H3,(H,25,30)(H,26,31). The zero-order valence-electron chi connectivity index (χ0n) is 18.1. The van der Waals surface area contributed by atoms with Gasteiger partial charge in [-0.05, 0) is 30.9 Å². The van der Waals surface area contributed by atoms with Crippen molar-refractivity contribution in [3.05, 3.63) is 71.8 Å². The number of aliphatic hydroxyl groups excluding tert-OH is 1. The van der Waals surface area contributed by atoms with E-state index in [1.807, 2.05) is 60.7 Å². The lowest BCUT2D eigenvalue weighted by molar-refractivity contribution is -0.144. The largest absolute Gasteiger partial charge is 0.381 e. The summed E-state index contributed by atoms with van der Waals surface area (Å²) in [7, 11) is 0. The van der Waals surface area contributed by atoms with Crippen LogP contribution < -0.4 is 10.8 Å². The van der Waals surface area contributed by atoms with E-state index < -0.39 is 30.0 Å². The van der Waals surface area contributed by atoms with Crippen molar-refractivity contribution in [1.82, 2.24) is 15.7 Å². The second-order valence-electron chi connectivity index (χ2n) is 7.71. The van der Waals surface area contributed by atoms with Crippen LogP contribution in [-0.4, -0.2) is 52.5 Å². The van der Waals surface area contributed by atoms with Crippen molar-refractivity contribution in [2.24, 2.45) is 0 Å². The third-order valence-electron chi connectivity index (χ3n) is 5.42.